The molecule has 0 saturated carbocycles. The van der Waals surface area contributed by atoms with Gasteiger partial charge in [-0.1, -0.05) is 29.8 Å². The molecule has 2 aromatic carbocycles. The Balaban J connectivity index is 2.11. The first-order valence-corrected chi connectivity index (χ1v) is 10.7. The van der Waals surface area contributed by atoms with Crippen LogP contribution in [0.2, 0.25) is 5.02 Å². The number of carbonyl (C=O) groups is 1. The molecule has 8 heteroatoms. The summed E-state index contributed by atoms with van der Waals surface area (Å²) in [6, 6.07) is 12.8. The first kappa shape index (κ1) is 21.1. The van der Waals surface area contributed by atoms with E-state index in [1.807, 2.05) is 31.2 Å². The van der Waals surface area contributed by atoms with Crippen molar-refractivity contribution in [2.24, 2.45) is 0 Å². The summed E-state index contributed by atoms with van der Waals surface area (Å²) in [5, 5.41) is 3.16. The first-order valence-electron chi connectivity index (χ1n) is 8.46. The van der Waals surface area contributed by atoms with Gasteiger partial charge in [0.25, 0.3) is 0 Å². The molecule has 0 aliphatic rings. The molecule has 1 N–H and O–H groups in total. The van der Waals surface area contributed by atoms with E-state index in [-0.39, 0.29) is 6.54 Å². The van der Waals surface area contributed by atoms with Crippen molar-refractivity contribution >= 4 is 33.2 Å². The number of carbonyl (C=O) groups excluding carboxylic acids is 1. The summed E-state index contributed by atoms with van der Waals surface area (Å²) in [4.78, 5) is 12.6. The molecule has 1 atom stereocenters. The second-order valence-corrected chi connectivity index (χ2v) is 8.31. The minimum absolute atomic E-state index is 0.280. The van der Waals surface area contributed by atoms with Crippen LogP contribution in [0.25, 0.3) is 0 Å². The van der Waals surface area contributed by atoms with Gasteiger partial charge in [-0.15, -0.1) is 0 Å². The molecule has 0 aliphatic carbocycles. The molecule has 0 aliphatic heterocycles. The molecule has 6 nitrogen and oxygen atoms in total. The van der Waals surface area contributed by atoms with Crippen LogP contribution >= 0.6 is 11.6 Å². The lowest BCUT2D eigenvalue weighted by Crippen LogP contribution is -2.47. The summed E-state index contributed by atoms with van der Waals surface area (Å²) >= 11 is 5.97. The number of sulfonamides is 1. The van der Waals surface area contributed by atoms with E-state index in [1.54, 1.807) is 18.2 Å². The Morgan fingerprint density at radius 1 is 1.22 bits per heavy atom. The van der Waals surface area contributed by atoms with Crippen molar-refractivity contribution in [3.8, 4) is 5.75 Å². The molecule has 0 heterocycles. The molecule has 146 valence electrons. The number of nitrogens with one attached hydrogen (secondary N) is 1. The Labute approximate surface area is 165 Å². The SMILES string of the molecule is CCOc1ccc(CNC(=O)C(C)N(c2cccc(Cl)c2)S(C)(=O)=O)cc1. The Morgan fingerprint density at radius 3 is 2.44 bits per heavy atom. The zero-order valence-corrected chi connectivity index (χ0v) is 17.0. The highest BCUT2D eigenvalue weighted by Crippen LogP contribution is 2.24. The second kappa shape index (κ2) is 9.10. The molecule has 0 bridgehead atoms. The van der Waals surface area contributed by atoms with E-state index in [0.717, 1.165) is 21.9 Å². The van der Waals surface area contributed by atoms with Gasteiger partial charge < -0.3 is 10.1 Å². The number of hydrogen-bond donors (Lipinski definition) is 1. The van der Waals surface area contributed by atoms with Crippen molar-refractivity contribution in [1.82, 2.24) is 5.32 Å². The monoisotopic (exact) mass is 410 g/mol. The number of benzene rings is 2. The van der Waals surface area contributed by atoms with Crippen molar-refractivity contribution in [3.05, 3.63) is 59.1 Å². The lowest BCUT2D eigenvalue weighted by Gasteiger charge is -2.28. The van der Waals surface area contributed by atoms with Crippen LogP contribution in [0.15, 0.2) is 48.5 Å². The molecular formula is C19H23ClN2O4S. The van der Waals surface area contributed by atoms with Gasteiger partial charge in [0.2, 0.25) is 15.9 Å². The summed E-state index contributed by atoms with van der Waals surface area (Å²) in [7, 11) is -3.68. The predicted molar refractivity (Wildman–Crippen MR) is 108 cm³/mol. The number of nitrogens with zero attached hydrogens (tertiary/aromatic N) is 1. The van der Waals surface area contributed by atoms with Gasteiger partial charge in [-0.25, -0.2) is 8.42 Å². The minimum Gasteiger partial charge on any atom is -0.494 e. The van der Waals surface area contributed by atoms with Crippen molar-refractivity contribution in [2.75, 3.05) is 17.2 Å². The van der Waals surface area contributed by atoms with Gasteiger partial charge in [0, 0.05) is 11.6 Å². The van der Waals surface area contributed by atoms with Crippen LogP contribution in [0.5, 0.6) is 5.75 Å². The fourth-order valence-corrected chi connectivity index (χ4v) is 3.98. The average Bonchev–Trinajstić information content (AvgIpc) is 2.60. The van der Waals surface area contributed by atoms with Gasteiger partial charge in [-0.05, 0) is 49.7 Å². The fraction of sp³-hybridized carbons (Fsp3) is 0.316. The van der Waals surface area contributed by atoms with E-state index >= 15 is 0 Å². The van der Waals surface area contributed by atoms with Crippen molar-refractivity contribution in [1.29, 1.82) is 0 Å². The van der Waals surface area contributed by atoms with Gasteiger partial charge in [-0.2, -0.15) is 0 Å². The van der Waals surface area contributed by atoms with Gasteiger partial charge in [0.05, 0.1) is 18.6 Å². The molecule has 27 heavy (non-hydrogen) atoms. The minimum atomic E-state index is -3.68. The fourth-order valence-electron chi connectivity index (χ4n) is 2.63. The van der Waals surface area contributed by atoms with E-state index in [4.69, 9.17) is 16.3 Å². The van der Waals surface area contributed by atoms with E-state index < -0.39 is 22.0 Å². The zero-order chi connectivity index (χ0) is 20.0. The number of ether oxygens (including phenoxy) is 1. The normalized spacial score (nSPS) is 12.3. The molecule has 0 spiro atoms. The zero-order valence-electron chi connectivity index (χ0n) is 15.5. The van der Waals surface area contributed by atoms with Crippen molar-refractivity contribution in [2.45, 2.75) is 26.4 Å². The molecule has 0 fully saturated rings. The third kappa shape index (κ3) is 5.87. The maximum atomic E-state index is 12.6. The van der Waals surface area contributed by atoms with Crippen molar-refractivity contribution in [3.63, 3.8) is 0 Å². The largest absolute Gasteiger partial charge is 0.494 e. The molecule has 0 saturated heterocycles. The quantitative estimate of drug-likeness (QED) is 0.725. The van der Waals surface area contributed by atoms with Crippen LogP contribution in [0.3, 0.4) is 0 Å². The molecule has 1 amide bonds. The van der Waals surface area contributed by atoms with Crippen LogP contribution in [0.1, 0.15) is 19.4 Å². The third-order valence-corrected chi connectivity index (χ3v) is 5.33. The summed E-state index contributed by atoms with van der Waals surface area (Å²) in [5.41, 5.74) is 1.22. The maximum absolute atomic E-state index is 12.6. The van der Waals surface area contributed by atoms with Gasteiger partial charge in [0.1, 0.15) is 11.8 Å². The maximum Gasteiger partial charge on any atom is 0.243 e. The topological polar surface area (TPSA) is 75.7 Å². The molecule has 1 unspecified atom stereocenters. The highest BCUT2D eigenvalue weighted by molar-refractivity contribution is 7.92. The molecular weight excluding hydrogens is 388 g/mol. The van der Waals surface area contributed by atoms with Crippen LogP contribution in [0.4, 0.5) is 5.69 Å². The van der Waals surface area contributed by atoms with Crippen LogP contribution < -0.4 is 14.4 Å². The van der Waals surface area contributed by atoms with Crippen molar-refractivity contribution < 1.29 is 17.9 Å². The number of halogens is 1. The van der Waals surface area contributed by atoms with E-state index in [2.05, 4.69) is 5.32 Å². The third-order valence-electron chi connectivity index (χ3n) is 3.85. The van der Waals surface area contributed by atoms with Crippen LogP contribution in [0, 0.1) is 0 Å². The van der Waals surface area contributed by atoms with Crippen LogP contribution in [-0.4, -0.2) is 33.2 Å². The molecule has 2 aromatic rings. The van der Waals surface area contributed by atoms with E-state index in [9.17, 15) is 13.2 Å². The molecule has 0 radical (unpaired) electrons. The number of rotatable bonds is 8. The smallest absolute Gasteiger partial charge is 0.243 e. The lowest BCUT2D eigenvalue weighted by atomic mass is 10.2. The standard InChI is InChI=1S/C19H23ClN2O4S/c1-4-26-18-10-8-15(9-11-18)13-21-19(23)14(2)22(27(3,24)25)17-7-5-6-16(20)12-17/h5-12,14H,4,13H2,1-3H3,(H,21,23). The Morgan fingerprint density at radius 2 is 1.89 bits per heavy atom. The Hall–Kier alpha value is -2.25. The van der Waals surface area contributed by atoms with Crippen LogP contribution in [-0.2, 0) is 21.4 Å². The Bertz CT molecular complexity index is 885. The van der Waals surface area contributed by atoms with E-state index in [0.29, 0.717) is 17.3 Å². The molecule has 0 aromatic heterocycles. The van der Waals surface area contributed by atoms with E-state index in [1.165, 1.54) is 13.0 Å². The summed E-state index contributed by atoms with van der Waals surface area (Å²) in [5.74, 6) is 0.347. The van der Waals surface area contributed by atoms with Gasteiger partial charge >= 0.3 is 0 Å². The second-order valence-electron chi connectivity index (χ2n) is 6.01. The number of anilines is 1. The van der Waals surface area contributed by atoms with Gasteiger partial charge in [-0.3, -0.25) is 9.10 Å². The summed E-state index contributed by atoms with van der Waals surface area (Å²) in [6.07, 6.45) is 1.06. The summed E-state index contributed by atoms with van der Waals surface area (Å²) < 4.78 is 30.9. The highest BCUT2D eigenvalue weighted by atomic mass is 35.5. The predicted octanol–water partition coefficient (Wildman–Crippen LogP) is 3.21. The first-order chi connectivity index (χ1) is 12.7. The van der Waals surface area contributed by atoms with Gasteiger partial charge in [0.15, 0.2) is 0 Å². The highest BCUT2D eigenvalue weighted by Gasteiger charge is 2.29. The number of amides is 1. The Kier molecular flexibility index (Phi) is 7.10. The number of hydrogen-bond acceptors (Lipinski definition) is 4. The summed E-state index contributed by atoms with van der Waals surface area (Å²) in [6.45, 7) is 4.31. The molecule has 2 rings (SSSR count). The average molecular weight is 411 g/mol. The lowest BCUT2D eigenvalue weighted by molar-refractivity contribution is -0.122.